The molecular weight excluding hydrogens is 332 g/mol. The van der Waals surface area contributed by atoms with Crippen molar-refractivity contribution >= 4 is 29.3 Å². The number of carbonyl (C=O) groups is 2. The number of nitrogens with zero attached hydrogens (tertiary/aromatic N) is 1. The van der Waals surface area contributed by atoms with Gasteiger partial charge in [-0.1, -0.05) is 35.9 Å². The van der Waals surface area contributed by atoms with Crippen molar-refractivity contribution in [3.8, 4) is 0 Å². The lowest BCUT2D eigenvalue weighted by atomic mass is 10.1. The molecule has 5 heteroatoms. The molecule has 2 aromatic carbocycles. The van der Waals surface area contributed by atoms with Crippen LogP contribution >= 0.6 is 11.8 Å². The fourth-order valence-electron chi connectivity index (χ4n) is 2.91. The van der Waals surface area contributed by atoms with Crippen molar-refractivity contribution in [3.05, 3.63) is 59.2 Å². The predicted octanol–water partition coefficient (Wildman–Crippen LogP) is 3.76. The summed E-state index contributed by atoms with van der Waals surface area (Å²) in [5.41, 5.74) is 4.35. The summed E-state index contributed by atoms with van der Waals surface area (Å²) in [5.74, 6) is -0.121. The molecule has 3 rings (SSSR count). The molecule has 1 atom stereocenters. The Morgan fingerprint density at radius 2 is 1.96 bits per heavy atom. The summed E-state index contributed by atoms with van der Waals surface area (Å²) in [6.07, 6.45) is 0.201. The second-order valence-corrected chi connectivity index (χ2v) is 7.72. The van der Waals surface area contributed by atoms with Crippen LogP contribution in [0.4, 0.5) is 5.69 Å². The highest BCUT2D eigenvalue weighted by molar-refractivity contribution is 8.01. The smallest absolute Gasteiger partial charge is 0.238 e. The third-order valence-corrected chi connectivity index (χ3v) is 5.67. The molecule has 0 bridgehead atoms. The molecule has 0 saturated carbocycles. The second kappa shape index (κ2) is 7.31. The Morgan fingerprint density at radius 1 is 1.20 bits per heavy atom. The molecule has 1 heterocycles. The van der Waals surface area contributed by atoms with Crippen LogP contribution in [0.15, 0.2) is 47.4 Å². The van der Waals surface area contributed by atoms with Gasteiger partial charge >= 0.3 is 0 Å². The molecular formula is C20H22N2O2S. The number of thioether (sulfide) groups is 1. The standard InChI is InChI=1S/C20H22N2O2S/c1-13-8-9-15(14(2)10-13)12-22(3)19(23)11-18-20(24)21-16-6-4-5-7-17(16)25-18/h4-10,18H,11-12H2,1-3H3,(H,21,24). The molecule has 0 radical (unpaired) electrons. The first-order valence-electron chi connectivity index (χ1n) is 8.30. The van der Waals surface area contributed by atoms with Crippen LogP contribution in [0.1, 0.15) is 23.1 Å². The van der Waals surface area contributed by atoms with E-state index in [-0.39, 0.29) is 23.5 Å². The number of hydrogen-bond donors (Lipinski definition) is 1. The molecule has 2 aromatic rings. The number of rotatable bonds is 4. The predicted molar refractivity (Wildman–Crippen MR) is 102 cm³/mol. The van der Waals surface area contributed by atoms with Gasteiger partial charge in [0.2, 0.25) is 11.8 Å². The maximum Gasteiger partial charge on any atom is 0.238 e. The van der Waals surface area contributed by atoms with Crippen LogP contribution in [0.2, 0.25) is 0 Å². The van der Waals surface area contributed by atoms with Gasteiger partial charge in [-0.25, -0.2) is 0 Å². The molecule has 1 aliphatic rings. The quantitative estimate of drug-likeness (QED) is 0.909. The van der Waals surface area contributed by atoms with Gasteiger partial charge in [-0.05, 0) is 37.1 Å². The highest BCUT2D eigenvalue weighted by Crippen LogP contribution is 2.36. The van der Waals surface area contributed by atoms with E-state index in [1.165, 1.54) is 22.9 Å². The third kappa shape index (κ3) is 4.04. The lowest BCUT2D eigenvalue weighted by Crippen LogP contribution is -2.35. The number of carbonyl (C=O) groups excluding carboxylic acids is 2. The van der Waals surface area contributed by atoms with E-state index in [1.54, 1.807) is 11.9 Å². The van der Waals surface area contributed by atoms with Gasteiger partial charge in [-0.15, -0.1) is 11.8 Å². The van der Waals surface area contributed by atoms with Crippen LogP contribution in [0.3, 0.4) is 0 Å². The van der Waals surface area contributed by atoms with Crippen LogP contribution in [0.25, 0.3) is 0 Å². The van der Waals surface area contributed by atoms with Gasteiger partial charge in [0.05, 0.1) is 10.9 Å². The molecule has 130 valence electrons. The number of benzene rings is 2. The van der Waals surface area contributed by atoms with Gasteiger partial charge in [0.25, 0.3) is 0 Å². The Balaban J connectivity index is 1.64. The number of hydrogen-bond acceptors (Lipinski definition) is 3. The van der Waals surface area contributed by atoms with Crippen molar-refractivity contribution in [1.29, 1.82) is 0 Å². The summed E-state index contributed by atoms with van der Waals surface area (Å²) in [6.45, 7) is 4.67. The molecule has 1 unspecified atom stereocenters. The zero-order valence-corrected chi connectivity index (χ0v) is 15.5. The van der Waals surface area contributed by atoms with Gasteiger partial charge < -0.3 is 10.2 Å². The Morgan fingerprint density at radius 3 is 2.72 bits per heavy atom. The Hall–Kier alpha value is -2.27. The average molecular weight is 354 g/mol. The highest BCUT2D eigenvalue weighted by atomic mass is 32.2. The zero-order valence-electron chi connectivity index (χ0n) is 14.7. The van der Waals surface area contributed by atoms with E-state index in [2.05, 4.69) is 37.4 Å². The van der Waals surface area contributed by atoms with Gasteiger partial charge in [0, 0.05) is 24.9 Å². The monoisotopic (exact) mass is 354 g/mol. The van der Waals surface area contributed by atoms with Crippen molar-refractivity contribution in [1.82, 2.24) is 4.90 Å². The minimum absolute atomic E-state index is 0.0213. The molecule has 1 aliphatic heterocycles. The van der Waals surface area contributed by atoms with E-state index in [1.807, 2.05) is 24.3 Å². The summed E-state index contributed by atoms with van der Waals surface area (Å²) < 4.78 is 0. The number of fused-ring (bicyclic) bond motifs is 1. The van der Waals surface area contributed by atoms with E-state index in [0.29, 0.717) is 6.54 Å². The normalized spacial score (nSPS) is 16.1. The first-order chi connectivity index (χ1) is 11.9. The van der Waals surface area contributed by atoms with Crippen molar-refractivity contribution < 1.29 is 9.59 Å². The van der Waals surface area contributed by atoms with E-state index in [9.17, 15) is 9.59 Å². The molecule has 0 aromatic heterocycles. The first-order valence-corrected chi connectivity index (χ1v) is 9.18. The minimum atomic E-state index is -0.385. The van der Waals surface area contributed by atoms with E-state index in [4.69, 9.17) is 0 Å². The topological polar surface area (TPSA) is 49.4 Å². The third-order valence-electron chi connectivity index (χ3n) is 4.40. The first kappa shape index (κ1) is 17.5. The SMILES string of the molecule is Cc1ccc(CN(C)C(=O)CC2Sc3ccccc3NC2=O)c(C)c1. The molecule has 0 fully saturated rings. The maximum atomic E-state index is 12.6. The number of amides is 2. The molecule has 1 N–H and O–H groups in total. The van der Waals surface area contributed by atoms with E-state index in [0.717, 1.165) is 16.1 Å². The summed E-state index contributed by atoms with van der Waals surface area (Å²) in [4.78, 5) is 27.6. The van der Waals surface area contributed by atoms with Crippen molar-refractivity contribution in [2.75, 3.05) is 12.4 Å². The van der Waals surface area contributed by atoms with Crippen molar-refractivity contribution in [2.24, 2.45) is 0 Å². The Kier molecular flexibility index (Phi) is 5.13. The number of para-hydroxylation sites is 1. The Labute approximate surface area is 152 Å². The van der Waals surface area contributed by atoms with Crippen LogP contribution in [-0.4, -0.2) is 29.0 Å². The van der Waals surface area contributed by atoms with Crippen LogP contribution in [0.5, 0.6) is 0 Å². The van der Waals surface area contributed by atoms with Crippen molar-refractivity contribution in [3.63, 3.8) is 0 Å². The summed E-state index contributed by atoms with van der Waals surface area (Å²) in [7, 11) is 1.79. The summed E-state index contributed by atoms with van der Waals surface area (Å²) in [5, 5.41) is 2.50. The fraction of sp³-hybridized carbons (Fsp3) is 0.300. The molecule has 0 saturated heterocycles. The molecule has 25 heavy (non-hydrogen) atoms. The zero-order chi connectivity index (χ0) is 18.0. The summed E-state index contributed by atoms with van der Waals surface area (Å²) >= 11 is 1.46. The maximum absolute atomic E-state index is 12.6. The second-order valence-electron chi connectivity index (χ2n) is 6.48. The lowest BCUT2D eigenvalue weighted by molar-refractivity contribution is -0.131. The van der Waals surface area contributed by atoms with Crippen LogP contribution < -0.4 is 5.32 Å². The number of aryl methyl sites for hydroxylation is 2. The molecule has 0 spiro atoms. The van der Waals surface area contributed by atoms with Crippen LogP contribution in [-0.2, 0) is 16.1 Å². The minimum Gasteiger partial charge on any atom is -0.341 e. The molecule has 0 aliphatic carbocycles. The largest absolute Gasteiger partial charge is 0.341 e. The summed E-state index contributed by atoms with van der Waals surface area (Å²) in [6, 6.07) is 13.9. The highest BCUT2D eigenvalue weighted by Gasteiger charge is 2.29. The van der Waals surface area contributed by atoms with Gasteiger partial charge in [0.15, 0.2) is 0 Å². The number of anilines is 1. The van der Waals surface area contributed by atoms with Gasteiger partial charge in [-0.3, -0.25) is 9.59 Å². The van der Waals surface area contributed by atoms with Crippen LogP contribution in [0, 0.1) is 13.8 Å². The van der Waals surface area contributed by atoms with Gasteiger partial charge in [-0.2, -0.15) is 0 Å². The fourth-order valence-corrected chi connectivity index (χ4v) is 4.01. The Bertz CT molecular complexity index is 819. The average Bonchev–Trinajstić information content (AvgIpc) is 2.58. The molecule has 2 amide bonds. The molecule has 4 nitrogen and oxygen atoms in total. The van der Waals surface area contributed by atoms with E-state index >= 15 is 0 Å². The number of nitrogens with one attached hydrogen (secondary N) is 1. The lowest BCUT2D eigenvalue weighted by Gasteiger charge is -2.26. The van der Waals surface area contributed by atoms with E-state index < -0.39 is 0 Å². The van der Waals surface area contributed by atoms with Crippen molar-refractivity contribution in [2.45, 2.75) is 37.0 Å². The van der Waals surface area contributed by atoms with Gasteiger partial charge in [0.1, 0.15) is 0 Å².